The van der Waals surface area contributed by atoms with Crippen molar-refractivity contribution < 1.29 is 23.8 Å². The summed E-state index contributed by atoms with van der Waals surface area (Å²) >= 11 is 0. The summed E-state index contributed by atoms with van der Waals surface area (Å²) < 4.78 is 19.0. The van der Waals surface area contributed by atoms with E-state index in [1.807, 2.05) is 36.4 Å². The molecule has 1 aliphatic heterocycles. The number of carbonyl (C=O) groups excluding carboxylic acids is 1. The number of nitrogens with zero attached hydrogens (tertiary/aromatic N) is 1. The molecule has 0 unspecified atom stereocenters. The van der Waals surface area contributed by atoms with E-state index < -0.39 is 17.9 Å². The van der Waals surface area contributed by atoms with Gasteiger partial charge in [-0.25, -0.2) is 9.59 Å². The lowest BCUT2D eigenvalue weighted by Gasteiger charge is -2.18. The number of halogens is 1. The zero-order valence-corrected chi connectivity index (χ0v) is 14.5. The maximum Gasteiger partial charge on any atom is 0.410 e. The quantitative estimate of drug-likeness (QED) is 0.834. The van der Waals surface area contributed by atoms with Crippen molar-refractivity contribution in [2.75, 3.05) is 19.7 Å². The van der Waals surface area contributed by atoms with E-state index in [4.69, 9.17) is 9.84 Å². The number of fused-ring (bicyclic) bond motifs is 3. The van der Waals surface area contributed by atoms with E-state index in [1.54, 1.807) is 0 Å². The van der Waals surface area contributed by atoms with E-state index in [0.717, 1.165) is 22.3 Å². The van der Waals surface area contributed by atoms with Crippen molar-refractivity contribution in [3.8, 4) is 11.1 Å². The largest absolute Gasteiger partial charge is 0.476 e. The Kier molecular flexibility index (Phi) is 4.39. The Bertz CT molecular complexity index is 907. The maximum atomic E-state index is 13.5. The summed E-state index contributed by atoms with van der Waals surface area (Å²) in [5, 5.41) is 8.73. The van der Waals surface area contributed by atoms with Crippen LogP contribution < -0.4 is 0 Å². The van der Waals surface area contributed by atoms with Crippen molar-refractivity contribution in [3.63, 3.8) is 0 Å². The van der Waals surface area contributed by atoms with Gasteiger partial charge in [-0.1, -0.05) is 48.5 Å². The summed E-state index contributed by atoms with van der Waals surface area (Å²) in [6.45, 7) is 0.394. The van der Waals surface area contributed by atoms with Gasteiger partial charge in [0.2, 0.25) is 5.83 Å². The van der Waals surface area contributed by atoms with Crippen LogP contribution in [0.25, 0.3) is 11.1 Å². The Hall–Kier alpha value is -3.15. The molecule has 5 nitrogen and oxygen atoms in total. The van der Waals surface area contributed by atoms with Gasteiger partial charge in [0.25, 0.3) is 0 Å². The van der Waals surface area contributed by atoms with Gasteiger partial charge in [-0.15, -0.1) is 0 Å². The number of likely N-dealkylation sites (tertiary alicyclic amines) is 1. The molecule has 0 spiro atoms. The normalized spacial score (nSPS) is 17.4. The third kappa shape index (κ3) is 3.07. The third-order valence-electron chi connectivity index (χ3n) is 5.16. The minimum atomic E-state index is -1.60. The van der Waals surface area contributed by atoms with Crippen LogP contribution in [0.5, 0.6) is 0 Å². The Morgan fingerprint density at radius 3 is 2.26 bits per heavy atom. The van der Waals surface area contributed by atoms with E-state index in [1.165, 1.54) is 4.90 Å². The Morgan fingerprint density at radius 1 is 1.07 bits per heavy atom. The van der Waals surface area contributed by atoms with Crippen molar-refractivity contribution in [1.29, 1.82) is 0 Å². The molecule has 1 saturated heterocycles. The van der Waals surface area contributed by atoms with Crippen LogP contribution in [0, 0.1) is 0 Å². The highest BCUT2D eigenvalue weighted by Gasteiger charge is 2.31. The number of benzene rings is 2. The molecule has 2 aliphatic rings. The lowest BCUT2D eigenvalue weighted by Crippen LogP contribution is -2.30. The first-order valence-corrected chi connectivity index (χ1v) is 8.77. The number of ether oxygens (including phenoxy) is 1. The van der Waals surface area contributed by atoms with Crippen LogP contribution in [-0.2, 0) is 9.53 Å². The van der Waals surface area contributed by atoms with E-state index >= 15 is 0 Å². The monoisotopic (exact) mass is 367 g/mol. The van der Waals surface area contributed by atoms with Crippen molar-refractivity contribution in [3.05, 3.63) is 71.1 Å². The van der Waals surface area contributed by atoms with Crippen molar-refractivity contribution in [1.82, 2.24) is 4.90 Å². The molecule has 0 bridgehead atoms. The molecular weight excluding hydrogens is 349 g/mol. The highest BCUT2D eigenvalue weighted by molar-refractivity contribution is 5.85. The van der Waals surface area contributed by atoms with Gasteiger partial charge >= 0.3 is 12.1 Å². The second-order valence-electron chi connectivity index (χ2n) is 6.70. The van der Waals surface area contributed by atoms with Crippen LogP contribution in [0.4, 0.5) is 9.18 Å². The summed E-state index contributed by atoms with van der Waals surface area (Å²) in [6.07, 6.45) is -0.340. The van der Waals surface area contributed by atoms with Crippen molar-refractivity contribution >= 4 is 12.1 Å². The van der Waals surface area contributed by atoms with Gasteiger partial charge in [-0.3, -0.25) is 0 Å². The van der Waals surface area contributed by atoms with Crippen LogP contribution in [0.1, 0.15) is 23.5 Å². The number of carbonyl (C=O) groups is 2. The predicted octanol–water partition coefficient (Wildman–Crippen LogP) is 3.95. The number of carboxylic acid groups (broad SMARTS) is 1. The Balaban J connectivity index is 1.48. The minimum Gasteiger partial charge on any atom is -0.476 e. The Labute approximate surface area is 155 Å². The number of aliphatic carboxylic acids is 1. The minimum absolute atomic E-state index is 0.0466. The fraction of sp³-hybridized carbons (Fsp3) is 0.238. The Morgan fingerprint density at radius 2 is 1.67 bits per heavy atom. The second-order valence-corrected chi connectivity index (χ2v) is 6.70. The highest BCUT2D eigenvalue weighted by Crippen LogP contribution is 2.44. The summed E-state index contributed by atoms with van der Waals surface area (Å²) in [6, 6.07) is 16.1. The zero-order chi connectivity index (χ0) is 19.0. The van der Waals surface area contributed by atoms with Crippen LogP contribution in [0.15, 0.2) is 59.9 Å². The first kappa shape index (κ1) is 17.3. The molecule has 27 heavy (non-hydrogen) atoms. The predicted molar refractivity (Wildman–Crippen MR) is 97.0 cm³/mol. The van der Waals surface area contributed by atoms with Gasteiger partial charge in [-0.05, 0) is 34.2 Å². The van der Waals surface area contributed by atoms with E-state index in [-0.39, 0.29) is 37.6 Å². The molecule has 2 aromatic rings. The van der Waals surface area contributed by atoms with E-state index in [2.05, 4.69) is 12.1 Å². The second kappa shape index (κ2) is 6.87. The SMILES string of the molecule is O=C(O)/C(F)=C1/CCN(C(=O)OCC2c3ccccc3-c3ccccc32)C1. The summed E-state index contributed by atoms with van der Waals surface area (Å²) in [7, 11) is 0. The summed E-state index contributed by atoms with van der Waals surface area (Å²) in [5.74, 6) is -2.82. The van der Waals surface area contributed by atoms with Gasteiger partial charge in [0.1, 0.15) is 6.61 Å². The van der Waals surface area contributed by atoms with Crippen molar-refractivity contribution in [2.45, 2.75) is 12.3 Å². The molecule has 2 aromatic carbocycles. The first-order chi connectivity index (χ1) is 13.1. The van der Waals surface area contributed by atoms with Gasteiger partial charge in [0, 0.05) is 19.0 Å². The summed E-state index contributed by atoms with van der Waals surface area (Å²) in [5.41, 5.74) is 4.64. The van der Waals surface area contributed by atoms with E-state index in [9.17, 15) is 14.0 Å². The number of hydrogen-bond acceptors (Lipinski definition) is 3. The molecule has 1 amide bonds. The molecule has 138 valence electrons. The number of carboxylic acids is 1. The lowest BCUT2D eigenvalue weighted by atomic mass is 9.98. The topological polar surface area (TPSA) is 66.8 Å². The smallest absolute Gasteiger partial charge is 0.410 e. The number of amides is 1. The molecular formula is C21H18FNO4. The van der Waals surface area contributed by atoms with Crippen LogP contribution in [0.3, 0.4) is 0 Å². The van der Waals surface area contributed by atoms with E-state index in [0.29, 0.717) is 0 Å². The fourth-order valence-electron chi connectivity index (χ4n) is 3.83. The lowest BCUT2D eigenvalue weighted by molar-refractivity contribution is -0.134. The maximum absolute atomic E-state index is 13.5. The fourth-order valence-corrected chi connectivity index (χ4v) is 3.83. The number of rotatable bonds is 3. The number of hydrogen-bond donors (Lipinski definition) is 1. The standard InChI is InChI=1S/C21H18FNO4/c22-19(20(24)25)13-9-10-23(11-13)21(26)27-12-18-16-7-3-1-5-14(16)15-6-2-4-8-17(15)18/h1-8,18H,9-12H2,(H,24,25)/b19-13+. The van der Waals surface area contributed by atoms with Crippen LogP contribution in [0.2, 0.25) is 0 Å². The molecule has 1 aliphatic carbocycles. The van der Waals surface area contributed by atoms with Gasteiger partial charge in [0.15, 0.2) is 0 Å². The molecule has 4 rings (SSSR count). The molecule has 0 atom stereocenters. The molecule has 0 saturated carbocycles. The first-order valence-electron chi connectivity index (χ1n) is 8.77. The van der Waals surface area contributed by atoms with Crippen LogP contribution >= 0.6 is 0 Å². The zero-order valence-electron chi connectivity index (χ0n) is 14.5. The third-order valence-corrected chi connectivity index (χ3v) is 5.16. The average molecular weight is 367 g/mol. The molecule has 1 heterocycles. The van der Waals surface area contributed by atoms with Gasteiger partial charge in [-0.2, -0.15) is 4.39 Å². The molecule has 0 aromatic heterocycles. The highest BCUT2D eigenvalue weighted by atomic mass is 19.1. The average Bonchev–Trinajstić information content (AvgIpc) is 3.29. The van der Waals surface area contributed by atoms with Crippen molar-refractivity contribution in [2.24, 2.45) is 0 Å². The molecule has 6 heteroatoms. The summed E-state index contributed by atoms with van der Waals surface area (Å²) in [4.78, 5) is 24.4. The molecule has 1 fully saturated rings. The molecule has 1 N–H and O–H groups in total. The van der Waals surface area contributed by atoms with Gasteiger partial charge in [0.05, 0.1) is 0 Å². The molecule has 0 radical (unpaired) electrons. The van der Waals surface area contributed by atoms with Crippen LogP contribution in [-0.4, -0.2) is 41.8 Å². The van der Waals surface area contributed by atoms with Gasteiger partial charge < -0.3 is 14.7 Å².